The van der Waals surface area contributed by atoms with Gasteiger partial charge in [-0.15, -0.1) is 11.3 Å². The van der Waals surface area contributed by atoms with Crippen LogP contribution in [0.4, 0.5) is 18.9 Å². The lowest BCUT2D eigenvalue weighted by molar-refractivity contribution is -0.171. The lowest BCUT2D eigenvalue weighted by atomic mass is 10.2. The third kappa shape index (κ3) is 5.22. The van der Waals surface area contributed by atoms with E-state index in [0.29, 0.717) is 0 Å². The fraction of sp³-hybridized carbons (Fsp3) is 0.500. The normalized spacial score (nSPS) is 11.8. The number of amides is 1. The molecule has 1 rings (SSSR count). The van der Waals surface area contributed by atoms with Crippen molar-refractivity contribution in [2.24, 2.45) is 0 Å². The van der Waals surface area contributed by atoms with Crippen molar-refractivity contribution in [1.29, 1.82) is 0 Å². The van der Waals surface area contributed by atoms with E-state index in [9.17, 15) is 27.6 Å². The first-order chi connectivity index (χ1) is 10.9. The number of carbonyl (C=O) groups excluding carboxylic acids is 3. The number of ether oxygens (including phenoxy) is 2. The molecule has 24 heavy (non-hydrogen) atoms. The minimum atomic E-state index is -5.22. The van der Waals surface area contributed by atoms with Gasteiger partial charge in [-0.05, 0) is 32.2 Å². The number of anilines is 1. The number of rotatable bonds is 4. The van der Waals surface area contributed by atoms with Crippen LogP contribution in [0.1, 0.15) is 30.4 Å². The summed E-state index contributed by atoms with van der Waals surface area (Å²) in [5.41, 5.74) is -1.30. The molecule has 0 aliphatic heterocycles. The number of hydrogen-bond acceptors (Lipinski definition) is 6. The summed E-state index contributed by atoms with van der Waals surface area (Å²) in [6.07, 6.45) is -5.22. The summed E-state index contributed by atoms with van der Waals surface area (Å²) in [6, 6.07) is 1.13. The summed E-state index contributed by atoms with van der Waals surface area (Å²) in [5, 5.41) is 1.31. The highest BCUT2D eigenvalue weighted by molar-refractivity contribution is 7.12. The van der Waals surface area contributed by atoms with Gasteiger partial charge in [0.05, 0.1) is 12.8 Å². The number of carbonyl (C=O) groups is 3. The van der Waals surface area contributed by atoms with Crippen LogP contribution >= 0.6 is 11.3 Å². The topological polar surface area (TPSA) is 72.9 Å². The first-order valence-corrected chi connectivity index (χ1v) is 7.51. The van der Waals surface area contributed by atoms with E-state index in [-0.39, 0.29) is 15.5 Å². The van der Waals surface area contributed by atoms with Gasteiger partial charge in [0, 0.05) is 0 Å². The van der Waals surface area contributed by atoms with Gasteiger partial charge < -0.3 is 9.47 Å². The molecule has 0 bridgehead atoms. The molecule has 0 atom stereocenters. The lowest BCUT2D eigenvalue weighted by Crippen LogP contribution is -2.45. The highest BCUT2D eigenvalue weighted by atomic mass is 32.1. The summed E-state index contributed by atoms with van der Waals surface area (Å²) in [4.78, 5) is 35.1. The maximum Gasteiger partial charge on any atom is 0.471 e. The van der Waals surface area contributed by atoms with E-state index in [1.807, 2.05) is 0 Å². The number of esters is 2. The second-order valence-corrected chi connectivity index (χ2v) is 6.52. The van der Waals surface area contributed by atoms with Crippen LogP contribution < -0.4 is 4.90 Å². The maximum atomic E-state index is 12.8. The van der Waals surface area contributed by atoms with Crippen molar-refractivity contribution in [3.8, 4) is 0 Å². The quantitative estimate of drug-likeness (QED) is 0.765. The van der Waals surface area contributed by atoms with Gasteiger partial charge >= 0.3 is 24.0 Å². The van der Waals surface area contributed by atoms with Gasteiger partial charge in [0.25, 0.3) is 0 Å². The van der Waals surface area contributed by atoms with Gasteiger partial charge in [-0.25, -0.2) is 4.79 Å². The van der Waals surface area contributed by atoms with Crippen LogP contribution in [0.15, 0.2) is 11.4 Å². The monoisotopic (exact) mass is 367 g/mol. The van der Waals surface area contributed by atoms with Crippen LogP contribution in [0, 0.1) is 0 Å². The van der Waals surface area contributed by atoms with Crippen LogP contribution in [0.2, 0.25) is 0 Å². The molecule has 6 nitrogen and oxygen atoms in total. The van der Waals surface area contributed by atoms with Crippen molar-refractivity contribution in [2.75, 3.05) is 18.6 Å². The molecule has 0 saturated carbocycles. The number of halogens is 3. The van der Waals surface area contributed by atoms with Crippen LogP contribution in [-0.4, -0.2) is 43.3 Å². The SMILES string of the molecule is COC(=O)c1sccc1N(CC(=O)OC(C)(C)C)C(=O)C(F)(F)F. The van der Waals surface area contributed by atoms with Gasteiger partial charge in [0.15, 0.2) is 0 Å². The zero-order chi connectivity index (χ0) is 18.7. The minimum Gasteiger partial charge on any atom is -0.465 e. The summed E-state index contributed by atoms with van der Waals surface area (Å²) in [7, 11) is 1.05. The van der Waals surface area contributed by atoms with Crippen LogP contribution in [0.5, 0.6) is 0 Å². The Labute approximate surface area is 140 Å². The smallest absolute Gasteiger partial charge is 0.465 e. The van der Waals surface area contributed by atoms with Gasteiger partial charge in [-0.2, -0.15) is 13.2 Å². The average Bonchev–Trinajstić information content (AvgIpc) is 2.89. The van der Waals surface area contributed by atoms with Crippen LogP contribution in [0.25, 0.3) is 0 Å². The standard InChI is InChI=1S/C14H16F3NO5S/c1-13(2,3)23-9(19)7-18(12(21)14(15,16)17)8-5-6-24-10(8)11(20)22-4/h5-6H,7H2,1-4H3. The van der Waals surface area contributed by atoms with E-state index in [2.05, 4.69) is 4.74 Å². The zero-order valence-electron chi connectivity index (χ0n) is 13.4. The zero-order valence-corrected chi connectivity index (χ0v) is 14.2. The van der Waals surface area contributed by atoms with Crippen molar-refractivity contribution < 1.29 is 37.0 Å². The molecule has 0 fully saturated rings. The Hall–Kier alpha value is -2.10. The second kappa shape index (κ2) is 7.20. The average molecular weight is 367 g/mol. The number of alkyl halides is 3. The number of hydrogen-bond donors (Lipinski definition) is 0. The summed E-state index contributed by atoms with van der Waals surface area (Å²) in [6.45, 7) is 3.61. The van der Waals surface area contributed by atoms with Crippen molar-refractivity contribution in [2.45, 2.75) is 32.5 Å². The molecule has 0 aliphatic rings. The van der Waals surface area contributed by atoms with Gasteiger partial charge in [0.1, 0.15) is 17.0 Å². The van der Waals surface area contributed by atoms with Crippen molar-refractivity contribution in [3.63, 3.8) is 0 Å². The highest BCUT2D eigenvalue weighted by Crippen LogP contribution is 2.31. The third-order valence-electron chi connectivity index (χ3n) is 2.50. The fourth-order valence-corrected chi connectivity index (χ4v) is 2.49. The van der Waals surface area contributed by atoms with E-state index in [0.717, 1.165) is 24.5 Å². The maximum absolute atomic E-state index is 12.8. The van der Waals surface area contributed by atoms with Gasteiger partial charge in [0.2, 0.25) is 0 Å². The predicted octanol–water partition coefficient (Wildman–Crippen LogP) is 2.77. The molecule has 0 saturated heterocycles. The predicted molar refractivity (Wildman–Crippen MR) is 79.9 cm³/mol. The van der Waals surface area contributed by atoms with E-state index in [1.165, 1.54) is 26.2 Å². The highest BCUT2D eigenvalue weighted by Gasteiger charge is 2.45. The molecular weight excluding hydrogens is 351 g/mol. The van der Waals surface area contributed by atoms with Gasteiger partial charge in [-0.1, -0.05) is 0 Å². The van der Waals surface area contributed by atoms with E-state index >= 15 is 0 Å². The Kier molecular flexibility index (Phi) is 5.99. The second-order valence-electron chi connectivity index (χ2n) is 5.60. The Balaban J connectivity index is 3.21. The molecule has 0 aliphatic carbocycles. The molecule has 0 spiro atoms. The van der Waals surface area contributed by atoms with Crippen molar-refractivity contribution >= 4 is 34.9 Å². The van der Waals surface area contributed by atoms with Gasteiger partial charge in [-0.3, -0.25) is 14.5 Å². The van der Waals surface area contributed by atoms with E-state index in [1.54, 1.807) is 0 Å². The molecule has 0 aromatic carbocycles. The van der Waals surface area contributed by atoms with Crippen LogP contribution in [0.3, 0.4) is 0 Å². The largest absolute Gasteiger partial charge is 0.471 e. The molecule has 134 valence electrons. The molecule has 10 heteroatoms. The van der Waals surface area contributed by atoms with Crippen molar-refractivity contribution in [1.82, 2.24) is 0 Å². The Morgan fingerprint density at radius 2 is 1.79 bits per heavy atom. The Morgan fingerprint density at radius 3 is 2.25 bits per heavy atom. The molecule has 0 unspecified atom stereocenters. The number of nitrogens with zero attached hydrogens (tertiary/aromatic N) is 1. The summed E-state index contributed by atoms with van der Waals surface area (Å²) < 4.78 is 47.9. The van der Waals surface area contributed by atoms with E-state index in [4.69, 9.17) is 4.74 Å². The first kappa shape index (κ1) is 19.9. The Bertz CT molecular complexity index is 633. The number of thiophene rings is 1. The minimum absolute atomic E-state index is 0.164. The molecule has 0 N–H and O–H groups in total. The lowest BCUT2D eigenvalue weighted by Gasteiger charge is -2.25. The molecule has 1 aromatic heterocycles. The summed E-state index contributed by atoms with van der Waals surface area (Å²) in [5.74, 6) is -4.23. The Morgan fingerprint density at radius 1 is 1.21 bits per heavy atom. The summed E-state index contributed by atoms with van der Waals surface area (Å²) >= 11 is 0.791. The molecule has 1 amide bonds. The fourth-order valence-electron chi connectivity index (χ4n) is 1.68. The number of methoxy groups -OCH3 is 1. The molecule has 0 radical (unpaired) electrons. The molecule has 1 aromatic rings. The third-order valence-corrected chi connectivity index (χ3v) is 3.38. The van der Waals surface area contributed by atoms with Crippen LogP contribution in [-0.2, 0) is 19.1 Å². The van der Waals surface area contributed by atoms with Crippen molar-refractivity contribution in [3.05, 3.63) is 16.3 Å². The van der Waals surface area contributed by atoms with E-state index < -0.39 is 36.2 Å². The molecular formula is C14H16F3NO5S. The first-order valence-electron chi connectivity index (χ1n) is 6.63. The molecule has 1 heterocycles.